The van der Waals surface area contributed by atoms with E-state index in [-0.39, 0.29) is 10.6 Å². The van der Waals surface area contributed by atoms with E-state index in [1.54, 1.807) is 31.2 Å². The highest BCUT2D eigenvalue weighted by molar-refractivity contribution is 7.92. The Morgan fingerprint density at radius 3 is 2.21 bits per heavy atom. The second kappa shape index (κ2) is 8.32. The maximum absolute atomic E-state index is 13.5. The Labute approximate surface area is 169 Å². The molecule has 0 amide bonds. The van der Waals surface area contributed by atoms with Gasteiger partial charge in [-0.2, -0.15) is 0 Å². The Bertz CT molecular complexity index is 1100. The quantitative estimate of drug-likeness (QED) is 0.419. The molecular weight excluding hydrogens is 392 g/mol. The molecule has 0 bridgehead atoms. The van der Waals surface area contributed by atoms with E-state index in [0.717, 1.165) is 11.6 Å². The molecule has 0 aliphatic carbocycles. The molecule has 8 heteroatoms. The van der Waals surface area contributed by atoms with E-state index >= 15 is 0 Å². The van der Waals surface area contributed by atoms with E-state index in [1.165, 1.54) is 29.6 Å². The molecule has 3 rings (SSSR count). The number of ether oxygens (including phenoxy) is 1. The second-order valence-corrected chi connectivity index (χ2v) is 8.15. The Hall–Kier alpha value is -3.39. The molecule has 0 saturated carbocycles. The molecule has 0 radical (unpaired) electrons. The minimum Gasteiger partial charge on any atom is -0.497 e. The van der Waals surface area contributed by atoms with Gasteiger partial charge in [0.2, 0.25) is 0 Å². The third-order valence-corrected chi connectivity index (χ3v) is 6.44. The van der Waals surface area contributed by atoms with E-state index in [1.807, 2.05) is 30.3 Å². The number of hydrogen-bond donors (Lipinski definition) is 0. The fourth-order valence-corrected chi connectivity index (χ4v) is 4.72. The average Bonchev–Trinajstić information content (AvgIpc) is 2.75. The van der Waals surface area contributed by atoms with Gasteiger partial charge in [-0.3, -0.25) is 14.4 Å². The zero-order valence-corrected chi connectivity index (χ0v) is 16.7. The number of benzene rings is 3. The summed E-state index contributed by atoms with van der Waals surface area (Å²) in [5.74, 6) is 0.591. The molecule has 0 saturated heterocycles. The van der Waals surface area contributed by atoms with Crippen molar-refractivity contribution in [2.24, 2.45) is 0 Å². The minimum atomic E-state index is -4.09. The van der Waals surface area contributed by atoms with Crippen molar-refractivity contribution in [3.8, 4) is 5.75 Å². The molecule has 3 aromatic rings. The van der Waals surface area contributed by atoms with Crippen LogP contribution in [0.2, 0.25) is 0 Å². The summed E-state index contributed by atoms with van der Waals surface area (Å²) in [4.78, 5) is 10.4. The molecular formula is C21H20N2O5S. The lowest BCUT2D eigenvalue weighted by atomic mass is 10.1. The van der Waals surface area contributed by atoms with Crippen LogP contribution in [0.4, 0.5) is 11.4 Å². The van der Waals surface area contributed by atoms with Gasteiger partial charge in [-0.1, -0.05) is 36.4 Å². The first-order valence-electron chi connectivity index (χ1n) is 8.82. The summed E-state index contributed by atoms with van der Waals surface area (Å²) >= 11 is 0. The predicted octanol–water partition coefficient (Wildman–Crippen LogP) is 4.56. The molecule has 29 heavy (non-hydrogen) atoms. The highest BCUT2D eigenvalue weighted by Crippen LogP contribution is 2.34. The van der Waals surface area contributed by atoms with Crippen LogP contribution in [0.15, 0.2) is 83.8 Å². The molecule has 0 aliphatic heterocycles. The number of nitro benzene ring substituents is 1. The number of hydrogen-bond acceptors (Lipinski definition) is 5. The molecule has 0 N–H and O–H groups in total. The van der Waals surface area contributed by atoms with Crippen molar-refractivity contribution in [1.29, 1.82) is 0 Å². The Kier molecular flexibility index (Phi) is 5.84. The van der Waals surface area contributed by atoms with Gasteiger partial charge in [0.25, 0.3) is 15.7 Å². The second-order valence-electron chi connectivity index (χ2n) is 6.34. The summed E-state index contributed by atoms with van der Waals surface area (Å²) < 4.78 is 33.5. The lowest BCUT2D eigenvalue weighted by molar-refractivity contribution is -0.385. The first-order valence-corrected chi connectivity index (χ1v) is 10.3. The van der Waals surface area contributed by atoms with Crippen LogP contribution in [0.25, 0.3) is 0 Å². The van der Waals surface area contributed by atoms with Crippen molar-refractivity contribution in [2.75, 3.05) is 11.4 Å². The predicted molar refractivity (Wildman–Crippen MR) is 111 cm³/mol. The average molecular weight is 412 g/mol. The van der Waals surface area contributed by atoms with Crippen molar-refractivity contribution >= 4 is 21.4 Å². The van der Waals surface area contributed by atoms with Gasteiger partial charge in [0.05, 0.1) is 28.7 Å². The summed E-state index contributed by atoms with van der Waals surface area (Å²) in [6.45, 7) is 1.77. The molecule has 0 aromatic heterocycles. The molecule has 150 valence electrons. The van der Waals surface area contributed by atoms with E-state index in [9.17, 15) is 18.5 Å². The maximum Gasteiger partial charge on any atom is 0.270 e. The SMILES string of the molecule is COc1ccc(N([C@@H](C)c2ccccc2)S(=O)(=O)c2cccc([N+](=O)[O-])c2)cc1. The topological polar surface area (TPSA) is 89.8 Å². The van der Waals surface area contributed by atoms with Crippen molar-refractivity contribution in [3.63, 3.8) is 0 Å². The number of nitrogens with zero attached hydrogens (tertiary/aromatic N) is 2. The highest BCUT2D eigenvalue weighted by Gasteiger charge is 2.31. The molecule has 0 unspecified atom stereocenters. The van der Waals surface area contributed by atoms with Crippen molar-refractivity contribution in [3.05, 3.63) is 94.5 Å². The molecule has 3 aromatic carbocycles. The van der Waals surface area contributed by atoms with Gasteiger partial charge in [-0.25, -0.2) is 8.42 Å². The van der Waals surface area contributed by atoms with Crippen LogP contribution in [0.1, 0.15) is 18.5 Å². The van der Waals surface area contributed by atoms with Crippen molar-refractivity contribution < 1.29 is 18.1 Å². The van der Waals surface area contributed by atoms with Gasteiger partial charge in [0, 0.05) is 12.1 Å². The maximum atomic E-state index is 13.5. The van der Waals surface area contributed by atoms with Gasteiger partial charge in [0.1, 0.15) is 5.75 Å². The number of methoxy groups -OCH3 is 1. The molecule has 0 aliphatic rings. The molecule has 0 spiro atoms. The summed E-state index contributed by atoms with van der Waals surface area (Å²) in [5, 5.41) is 11.1. The first kappa shape index (κ1) is 20.3. The minimum absolute atomic E-state index is 0.148. The summed E-state index contributed by atoms with van der Waals surface area (Å²) in [6.07, 6.45) is 0. The highest BCUT2D eigenvalue weighted by atomic mass is 32.2. The van der Waals surface area contributed by atoms with Crippen LogP contribution in [0.5, 0.6) is 5.75 Å². The van der Waals surface area contributed by atoms with E-state index < -0.39 is 21.0 Å². The fraction of sp³-hybridized carbons (Fsp3) is 0.143. The number of nitro groups is 1. The van der Waals surface area contributed by atoms with E-state index in [0.29, 0.717) is 11.4 Å². The zero-order chi connectivity index (χ0) is 21.0. The van der Waals surface area contributed by atoms with E-state index in [2.05, 4.69) is 0 Å². The summed E-state index contributed by atoms with van der Waals surface area (Å²) in [5.41, 5.74) is 0.930. The number of anilines is 1. The smallest absolute Gasteiger partial charge is 0.270 e. The Balaban J connectivity index is 2.15. The van der Waals surface area contributed by atoms with Crippen LogP contribution in [-0.4, -0.2) is 20.5 Å². The van der Waals surface area contributed by atoms with Crippen LogP contribution in [-0.2, 0) is 10.0 Å². The van der Waals surface area contributed by atoms with Crippen LogP contribution < -0.4 is 9.04 Å². The van der Waals surface area contributed by atoms with Crippen molar-refractivity contribution in [1.82, 2.24) is 0 Å². The fourth-order valence-electron chi connectivity index (χ4n) is 3.04. The third kappa shape index (κ3) is 4.22. The molecule has 0 heterocycles. The normalized spacial score (nSPS) is 12.2. The zero-order valence-electron chi connectivity index (χ0n) is 15.9. The standard InChI is InChI=1S/C21H20N2O5S/c1-16(17-7-4-3-5-8-17)22(18-11-13-20(28-2)14-12-18)29(26,27)21-10-6-9-19(15-21)23(24)25/h3-16H,1-2H3/t16-/m0/s1. The largest absolute Gasteiger partial charge is 0.497 e. The molecule has 1 atom stereocenters. The first-order chi connectivity index (χ1) is 13.8. The molecule has 0 fully saturated rings. The summed E-state index contributed by atoms with van der Waals surface area (Å²) in [7, 11) is -2.56. The Morgan fingerprint density at radius 1 is 0.966 bits per heavy atom. The summed E-state index contributed by atoms with van der Waals surface area (Å²) in [6, 6.07) is 20.3. The van der Waals surface area contributed by atoms with Gasteiger partial charge in [-0.05, 0) is 42.8 Å². The lowest BCUT2D eigenvalue weighted by Gasteiger charge is -2.31. The van der Waals surface area contributed by atoms with Gasteiger partial charge in [-0.15, -0.1) is 0 Å². The van der Waals surface area contributed by atoms with Crippen LogP contribution in [0, 0.1) is 10.1 Å². The third-order valence-electron chi connectivity index (χ3n) is 4.55. The van der Waals surface area contributed by atoms with Crippen LogP contribution in [0.3, 0.4) is 0 Å². The Morgan fingerprint density at radius 2 is 1.62 bits per heavy atom. The number of rotatable bonds is 7. The van der Waals surface area contributed by atoms with Gasteiger partial charge in [0.15, 0.2) is 0 Å². The monoisotopic (exact) mass is 412 g/mol. The van der Waals surface area contributed by atoms with Gasteiger partial charge >= 0.3 is 0 Å². The van der Waals surface area contributed by atoms with Crippen LogP contribution >= 0.6 is 0 Å². The lowest BCUT2D eigenvalue weighted by Crippen LogP contribution is -2.33. The van der Waals surface area contributed by atoms with E-state index in [4.69, 9.17) is 4.74 Å². The molecule has 7 nitrogen and oxygen atoms in total. The van der Waals surface area contributed by atoms with Gasteiger partial charge < -0.3 is 4.74 Å². The van der Waals surface area contributed by atoms with Crippen molar-refractivity contribution in [2.45, 2.75) is 17.9 Å². The number of non-ortho nitro benzene ring substituents is 1. The number of sulfonamides is 1.